The number of nitrogens with zero attached hydrogens (tertiary/aromatic N) is 1. The first-order valence-electron chi connectivity index (χ1n) is 11.7. The number of carbonyl (C=O) groups is 2. The fraction of sp³-hybridized carbons (Fsp3) is 0.462. The molecule has 0 aromatic heterocycles. The van der Waals surface area contributed by atoms with Crippen LogP contribution in [0.1, 0.15) is 31.4 Å². The van der Waals surface area contributed by atoms with Crippen LogP contribution in [0.2, 0.25) is 0 Å². The van der Waals surface area contributed by atoms with E-state index in [4.69, 9.17) is 14.2 Å². The molecule has 2 rings (SSSR count). The molecular weight excluding hydrogens is 436 g/mol. The van der Waals surface area contributed by atoms with E-state index in [9.17, 15) is 14.7 Å². The number of carbonyl (C=O) groups excluding carboxylic acids is 1. The van der Waals surface area contributed by atoms with Crippen molar-refractivity contribution in [1.82, 2.24) is 10.2 Å². The maximum atomic E-state index is 12.4. The molecule has 0 radical (unpaired) electrons. The molecule has 0 aliphatic rings. The van der Waals surface area contributed by atoms with Crippen LogP contribution < -0.4 is 10.1 Å². The lowest BCUT2D eigenvalue weighted by Gasteiger charge is -2.23. The molecule has 34 heavy (non-hydrogen) atoms. The van der Waals surface area contributed by atoms with Gasteiger partial charge in [0.05, 0.1) is 13.2 Å². The summed E-state index contributed by atoms with van der Waals surface area (Å²) in [5.74, 6) is -0.313. The summed E-state index contributed by atoms with van der Waals surface area (Å²) in [6, 6.07) is 17.1. The van der Waals surface area contributed by atoms with E-state index >= 15 is 0 Å². The van der Waals surface area contributed by atoms with Gasteiger partial charge in [0, 0.05) is 32.7 Å². The Bertz CT molecular complexity index is 844. The number of hydrogen-bond donors (Lipinski definition) is 2. The second-order valence-corrected chi connectivity index (χ2v) is 7.69. The smallest absolute Gasteiger partial charge is 0.333 e. The second kappa shape index (κ2) is 15.7. The first-order valence-corrected chi connectivity index (χ1v) is 11.7. The first kappa shape index (κ1) is 27.1. The molecule has 2 N–H and O–H groups in total. The quantitative estimate of drug-likeness (QED) is 0.361. The summed E-state index contributed by atoms with van der Waals surface area (Å²) in [5.41, 5.74) is 1.98. The molecule has 186 valence electrons. The van der Waals surface area contributed by atoms with E-state index in [1.165, 1.54) is 0 Å². The van der Waals surface area contributed by atoms with Crippen LogP contribution >= 0.6 is 0 Å². The van der Waals surface area contributed by atoms with Gasteiger partial charge < -0.3 is 29.5 Å². The van der Waals surface area contributed by atoms with Gasteiger partial charge >= 0.3 is 12.0 Å². The molecule has 2 aromatic carbocycles. The minimum atomic E-state index is -0.974. The van der Waals surface area contributed by atoms with Crippen LogP contribution in [0.3, 0.4) is 0 Å². The number of benzene rings is 2. The van der Waals surface area contributed by atoms with Crippen LogP contribution in [0.5, 0.6) is 5.75 Å². The molecule has 0 fully saturated rings. The third kappa shape index (κ3) is 10.2. The molecule has 0 saturated carbocycles. The van der Waals surface area contributed by atoms with Gasteiger partial charge in [-0.25, -0.2) is 9.59 Å². The zero-order valence-corrected chi connectivity index (χ0v) is 20.1. The highest BCUT2D eigenvalue weighted by atomic mass is 16.5. The van der Waals surface area contributed by atoms with E-state index in [1.54, 1.807) is 24.0 Å². The van der Waals surface area contributed by atoms with Gasteiger partial charge in [-0.3, -0.25) is 0 Å². The van der Waals surface area contributed by atoms with E-state index in [0.717, 1.165) is 17.5 Å². The average molecular weight is 473 g/mol. The lowest BCUT2D eigenvalue weighted by Crippen LogP contribution is -2.42. The maximum absolute atomic E-state index is 12.4. The Labute approximate surface area is 201 Å². The summed E-state index contributed by atoms with van der Waals surface area (Å²) in [7, 11) is 0. The lowest BCUT2D eigenvalue weighted by molar-refractivity contribution is -0.149. The highest BCUT2D eigenvalue weighted by Crippen LogP contribution is 2.15. The number of amides is 2. The Morgan fingerprint density at radius 2 is 1.71 bits per heavy atom. The maximum Gasteiger partial charge on any atom is 0.333 e. The Balaban J connectivity index is 1.76. The molecule has 1 atom stereocenters. The van der Waals surface area contributed by atoms with Crippen LogP contribution in [0.15, 0.2) is 54.6 Å². The average Bonchev–Trinajstić information content (AvgIpc) is 2.84. The fourth-order valence-electron chi connectivity index (χ4n) is 3.33. The molecule has 2 amide bonds. The summed E-state index contributed by atoms with van der Waals surface area (Å²) in [4.78, 5) is 25.4. The molecule has 8 heteroatoms. The second-order valence-electron chi connectivity index (χ2n) is 7.69. The van der Waals surface area contributed by atoms with Gasteiger partial charge in [-0.15, -0.1) is 0 Å². The van der Waals surface area contributed by atoms with Crippen LogP contribution in [0, 0.1) is 0 Å². The Kier molecular flexibility index (Phi) is 12.5. The Morgan fingerprint density at radius 3 is 2.35 bits per heavy atom. The van der Waals surface area contributed by atoms with Gasteiger partial charge in [0.15, 0.2) is 6.10 Å². The molecule has 0 aliphatic carbocycles. The molecule has 0 bridgehead atoms. The van der Waals surface area contributed by atoms with Gasteiger partial charge in [0.2, 0.25) is 0 Å². The zero-order valence-electron chi connectivity index (χ0n) is 20.1. The highest BCUT2D eigenvalue weighted by Gasteiger charge is 2.18. The zero-order chi connectivity index (χ0) is 24.6. The van der Waals surface area contributed by atoms with Crippen molar-refractivity contribution in [3.05, 3.63) is 65.7 Å². The fourth-order valence-corrected chi connectivity index (χ4v) is 3.33. The van der Waals surface area contributed by atoms with Crippen molar-refractivity contribution in [1.29, 1.82) is 0 Å². The summed E-state index contributed by atoms with van der Waals surface area (Å²) in [6.45, 7) is 7.03. The van der Waals surface area contributed by atoms with E-state index in [0.29, 0.717) is 58.2 Å². The molecule has 1 unspecified atom stereocenters. The number of aliphatic carboxylic acids is 1. The number of carboxylic acid groups (broad SMARTS) is 1. The Morgan fingerprint density at radius 1 is 0.971 bits per heavy atom. The van der Waals surface area contributed by atoms with Gasteiger partial charge in [-0.2, -0.15) is 0 Å². The van der Waals surface area contributed by atoms with Crippen LogP contribution in [-0.2, 0) is 27.3 Å². The summed E-state index contributed by atoms with van der Waals surface area (Å²) in [5, 5.41) is 12.1. The van der Waals surface area contributed by atoms with Gasteiger partial charge in [-0.05, 0) is 43.5 Å². The van der Waals surface area contributed by atoms with E-state index < -0.39 is 12.1 Å². The number of carboxylic acids is 1. The van der Waals surface area contributed by atoms with E-state index in [1.807, 2.05) is 49.4 Å². The van der Waals surface area contributed by atoms with Gasteiger partial charge in [-0.1, -0.05) is 42.5 Å². The summed E-state index contributed by atoms with van der Waals surface area (Å²) < 4.78 is 16.8. The van der Waals surface area contributed by atoms with Gasteiger partial charge in [0.25, 0.3) is 0 Å². The minimum Gasteiger partial charge on any atom is -0.492 e. The Hall–Kier alpha value is -3.10. The number of hydrogen-bond acceptors (Lipinski definition) is 5. The van der Waals surface area contributed by atoms with Crippen molar-refractivity contribution >= 4 is 12.0 Å². The van der Waals surface area contributed by atoms with Crippen molar-refractivity contribution in [3.8, 4) is 5.75 Å². The van der Waals surface area contributed by atoms with Crippen molar-refractivity contribution in [2.45, 2.75) is 39.4 Å². The van der Waals surface area contributed by atoms with Crippen LogP contribution in [0.4, 0.5) is 4.79 Å². The predicted molar refractivity (Wildman–Crippen MR) is 130 cm³/mol. The highest BCUT2D eigenvalue weighted by molar-refractivity contribution is 5.74. The number of ether oxygens (including phenoxy) is 3. The minimum absolute atomic E-state index is 0.125. The number of urea groups is 1. The van der Waals surface area contributed by atoms with Crippen molar-refractivity contribution in [2.75, 3.05) is 39.5 Å². The summed E-state index contributed by atoms with van der Waals surface area (Å²) >= 11 is 0. The molecule has 0 aliphatic heterocycles. The van der Waals surface area contributed by atoms with Crippen molar-refractivity contribution < 1.29 is 28.9 Å². The number of rotatable bonds is 16. The monoisotopic (exact) mass is 472 g/mol. The SMILES string of the molecule is CCNC(=O)N(CCCOCc1ccccc1)CCOc1ccc(CC(OCC)C(=O)O)cc1. The molecule has 0 saturated heterocycles. The topological polar surface area (TPSA) is 97.3 Å². The van der Waals surface area contributed by atoms with Gasteiger partial charge in [0.1, 0.15) is 12.4 Å². The molecular formula is C26H36N2O6. The third-order valence-electron chi connectivity index (χ3n) is 5.06. The van der Waals surface area contributed by atoms with Crippen LogP contribution in [0.25, 0.3) is 0 Å². The first-order chi connectivity index (χ1) is 16.5. The van der Waals surface area contributed by atoms with E-state index in [-0.39, 0.29) is 6.03 Å². The molecule has 2 aromatic rings. The largest absolute Gasteiger partial charge is 0.492 e. The van der Waals surface area contributed by atoms with Crippen LogP contribution in [-0.4, -0.2) is 67.6 Å². The third-order valence-corrected chi connectivity index (χ3v) is 5.06. The predicted octanol–water partition coefficient (Wildman–Crippen LogP) is 3.74. The van der Waals surface area contributed by atoms with E-state index in [2.05, 4.69) is 5.32 Å². The molecule has 8 nitrogen and oxygen atoms in total. The van der Waals surface area contributed by atoms with Crippen molar-refractivity contribution in [3.63, 3.8) is 0 Å². The standard InChI is InChI=1S/C26H36N2O6/c1-3-27-26(31)28(15-8-17-32-20-22-9-6-5-7-10-22)16-18-34-23-13-11-21(12-14-23)19-24(25(29)30)33-4-2/h5-7,9-14,24H,3-4,8,15-20H2,1-2H3,(H,27,31)(H,29,30). The molecule has 0 heterocycles. The lowest BCUT2D eigenvalue weighted by atomic mass is 10.1. The number of nitrogens with one attached hydrogen (secondary N) is 1. The van der Waals surface area contributed by atoms with Crippen molar-refractivity contribution in [2.24, 2.45) is 0 Å². The normalized spacial score (nSPS) is 11.6. The summed E-state index contributed by atoms with van der Waals surface area (Å²) in [6.07, 6.45) is 0.156. The molecule has 0 spiro atoms.